The Morgan fingerprint density at radius 2 is 1.08 bits per heavy atom. The SMILES string of the molecule is c1c[nH]c(-c2nc3cc4ccccc4cc3nc2-c2ccc[nH]2)c1. The van der Waals surface area contributed by atoms with Gasteiger partial charge in [-0.3, -0.25) is 0 Å². The highest BCUT2D eigenvalue weighted by atomic mass is 14.9. The van der Waals surface area contributed by atoms with Gasteiger partial charge in [-0.1, -0.05) is 24.3 Å². The molecule has 0 saturated heterocycles. The summed E-state index contributed by atoms with van der Waals surface area (Å²) < 4.78 is 0. The minimum absolute atomic E-state index is 0.852. The summed E-state index contributed by atoms with van der Waals surface area (Å²) in [5.74, 6) is 0. The molecule has 0 unspecified atom stereocenters. The fraction of sp³-hybridized carbons (Fsp3) is 0. The fourth-order valence-corrected chi connectivity index (χ4v) is 3.07. The maximum atomic E-state index is 4.91. The van der Waals surface area contributed by atoms with Crippen LogP contribution in [0.25, 0.3) is 44.6 Å². The molecule has 0 aliphatic rings. The van der Waals surface area contributed by atoms with Crippen LogP contribution < -0.4 is 0 Å². The largest absolute Gasteiger partial charge is 0.360 e. The number of H-pyrrole nitrogens is 2. The average molecular weight is 310 g/mol. The summed E-state index contributed by atoms with van der Waals surface area (Å²) in [4.78, 5) is 16.3. The van der Waals surface area contributed by atoms with Crippen molar-refractivity contribution < 1.29 is 0 Å². The molecule has 2 N–H and O–H groups in total. The molecule has 24 heavy (non-hydrogen) atoms. The van der Waals surface area contributed by atoms with Gasteiger partial charge in [0, 0.05) is 12.4 Å². The molecule has 2 aromatic carbocycles. The first-order valence-electron chi connectivity index (χ1n) is 7.86. The minimum Gasteiger partial charge on any atom is -0.360 e. The second-order valence-corrected chi connectivity index (χ2v) is 5.78. The minimum atomic E-state index is 0.852. The molecule has 0 spiro atoms. The molecule has 5 aromatic rings. The second-order valence-electron chi connectivity index (χ2n) is 5.78. The molecule has 5 rings (SSSR count). The first-order valence-corrected chi connectivity index (χ1v) is 7.86. The molecule has 0 radical (unpaired) electrons. The van der Waals surface area contributed by atoms with E-state index in [1.807, 2.05) is 48.8 Å². The van der Waals surface area contributed by atoms with Crippen LogP contribution in [0.2, 0.25) is 0 Å². The lowest BCUT2D eigenvalue weighted by Crippen LogP contribution is -1.96. The summed E-state index contributed by atoms with van der Waals surface area (Å²) in [5, 5.41) is 2.34. The Morgan fingerprint density at radius 3 is 1.50 bits per heavy atom. The van der Waals surface area contributed by atoms with E-state index in [1.165, 1.54) is 10.8 Å². The van der Waals surface area contributed by atoms with Crippen LogP contribution in [-0.2, 0) is 0 Å². The highest BCUT2D eigenvalue weighted by Gasteiger charge is 2.14. The summed E-state index contributed by atoms with van der Waals surface area (Å²) in [6.45, 7) is 0. The van der Waals surface area contributed by atoms with E-state index in [4.69, 9.17) is 9.97 Å². The number of aromatic nitrogens is 4. The Kier molecular flexibility index (Phi) is 2.76. The monoisotopic (exact) mass is 310 g/mol. The number of hydrogen-bond acceptors (Lipinski definition) is 2. The van der Waals surface area contributed by atoms with Gasteiger partial charge < -0.3 is 9.97 Å². The standard InChI is InChI=1S/C20H14N4/c1-2-6-14-12-18-17(11-13(14)5-1)23-19(15-7-3-9-21-15)20(24-18)16-8-4-10-22-16/h1-12,21-22H. The number of benzene rings is 2. The van der Waals surface area contributed by atoms with E-state index >= 15 is 0 Å². The van der Waals surface area contributed by atoms with Gasteiger partial charge >= 0.3 is 0 Å². The lowest BCUT2D eigenvalue weighted by atomic mass is 10.1. The molecule has 0 fully saturated rings. The van der Waals surface area contributed by atoms with Gasteiger partial charge in [-0.05, 0) is 47.2 Å². The zero-order chi connectivity index (χ0) is 15.9. The maximum absolute atomic E-state index is 4.91. The first kappa shape index (κ1) is 13.1. The zero-order valence-electron chi connectivity index (χ0n) is 12.8. The average Bonchev–Trinajstić information content (AvgIpc) is 3.32. The van der Waals surface area contributed by atoms with Crippen LogP contribution >= 0.6 is 0 Å². The lowest BCUT2D eigenvalue weighted by Gasteiger charge is -2.09. The quantitative estimate of drug-likeness (QED) is 0.461. The molecule has 0 bridgehead atoms. The van der Waals surface area contributed by atoms with Crippen LogP contribution in [0.3, 0.4) is 0 Å². The molecule has 0 amide bonds. The Balaban J connectivity index is 1.87. The fourth-order valence-electron chi connectivity index (χ4n) is 3.07. The van der Waals surface area contributed by atoms with Crippen LogP contribution in [0.4, 0.5) is 0 Å². The summed E-state index contributed by atoms with van der Waals surface area (Å²) in [6.07, 6.45) is 3.81. The molecule has 114 valence electrons. The highest BCUT2D eigenvalue weighted by molar-refractivity contribution is 5.96. The Labute approximate surface area is 138 Å². The van der Waals surface area contributed by atoms with Gasteiger partial charge in [0.05, 0.1) is 22.4 Å². The summed E-state index contributed by atoms with van der Waals surface area (Å²) in [7, 11) is 0. The summed E-state index contributed by atoms with van der Waals surface area (Å²) >= 11 is 0. The van der Waals surface area contributed by atoms with Gasteiger partial charge in [-0.2, -0.15) is 0 Å². The van der Waals surface area contributed by atoms with E-state index in [2.05, 4.69) is 34.2 Å². The molecule has 4 nitrogen and oxygen atoms in total. The number of aromatic amines is 2. The normalized spacial score (nSPS) is 11.3. The van der Waals surface area contributed by atoms with Gasteiger partial charge in [0.2, 0.25) is 0 Å². The summed E-state index contributed by atoms with van der Waals surface area (Å²) in [6, 6.07) is 20.5. The summed E-state index contributed by atoms with van der Waals surface area (Å²) in [5.41, 5.74) is 5.42. The number of fused-ring (bicyclic) bond motifs is 2. The van der Waals surface area contributed by atoms with Gasteiger partial charge in [0.25, 0.3) is 0 Å². The molecule has 3 heterocycles. The molecular weight excluding hydrogens is 296 g/mol. The van der Waals surface area contributed by atoms with Crippen molar-refractivity contribution in [3.63, 3.8) is 0 Å². The number of nitrogens with one attached hydrogen (secondary N) is 2. The number of nitrogens with zero attached hydrogens (tertiary/aromatic N) is 2. The van der Waals surface area contributed by atoms with E-state index in [0.29, 0.717) is 0 Å². The van der Waals surface area contributed by atoms with Crippen molar-refractivity contribution >= 4 is 21.8 Å². The third-order valence-corrected chi connectivity index (χ3v) is 4.24. The van der Waals surface area contributed by atoms with E-state index in [9.17, 15) is 0 Å². The number of hydrogen-bond donors (Lipinski definition) is 2. The van der Waals surface area contributed by atoms with Crippen LogP contribution in [0.1, 0.15) is 0 Å². The van der Waals surface area contributed by atoms with E-state index in [-0.39, 0.29) is 0 Å². The third kappa shape index (κ3) is 2.01. The van der Waals surface area contributed by atoms with Gasteiger partial charge in [-0.15, -0.1) is 0 Å². The van der Waals surface area contributed by atoms with E-state index in [1.54, 1.807) is 0 Å². The zero-order valence-corrected chi connectivity index (χ0v) is 12.8. The van der Waals surface area contributed by atoms with Crippen molar-refractivity contribution in [1.82, 2.24) is 19.9 Å². The Morgan fingerprint density at radius 1 is 0.583 bits per heavy atom. The lowest BCUT2D eigenvalue weighted by molar-refractivity contribution is 1.24. The second kappa shape index (κ2) is 5.06. The molecule has 0 saturated carbocycles. The van der Waals surface area contributed by atoms with Crippen LogP contribution in [0, 0.1) is 0 Å². The van der Waals surface area contributed by atoms with Crippen molar-refractivity contribution in [2.45, 2.75) is 0 Å². The van der Waals surface area contributed by atoms with Gasteiger partial charge in [0.1, 0.15) is 11.4 Å². The number of rotatable bonds is 2. The highest BCUT2D eigenvalue weighted by Crippen LogP contribution is 2.30. The molecular formula is C20H14N4. The molecule has 3 aromatic heterocycles. The van der Waals surface area contributed by atoms with Gasteiger partial charge in [0.15, 0.2) is 0 Å². The predicted molar refractivity (Wildman–Crippen MR) is 96.6 cm³/mol. The van der Waals surface area contributed by atoms with E-state index < -0.39 is 0 Å². The Hall–Kier alpha value is -3.40. The van der Waals surface area contributed by atoms with Crippen LogP contribution in [0.5, 0.6) is 0 Å². The first-order chi connectivity index (χ1) is 11.9. The molecule has 0 atom stereocenters. The maximum Gasteiger partial charge on any atom is 0.115 e. The third-order valence-electron chi connectivity index (χ3n) is 4.24. The van der Waals surface area contributed by atoms with Crippen molar-refractivity contribution in [3.05, 3.63) is 73.1 Å². The molecule has 4 heteroatoms. The Bertz CT molecular complexity index is 1050. The van der Waals surface area contributed by atoms with Crippen LogP contribution in [-0.4, -0.2) is 19.9 Å². The van der Waals surface area contributed by atoms with Crippen molar-refractivity contribution in [2.24, 2.45) is 0 Å². The molecule has 0 aliphatic heterocycles. The van der Waals surface area contributed by atoms with Crippen molar-refractivity contribution in [1.29, 1.82) is 0 Å². The van der Waals surface area contributed by atoms with Gasteiger partial charge in [-0.25, -0.2) is 9.97 Å². The molecule has 0 aliphatic carbocycles. The van der Waals surface area contributed by atoms with E-state index in [0.717, 1.165) is 33.8 Å². The van der Waals surface area contributed by atoms with Crippen molar-refractivity contribution in [2.75, 3.05) is 0 Å². The smallest absolute Gasteiger partial charge is 0.115 e. The topological polar surface area (TPSA) is 57.4 Å². The van der Waals surface area contributed by atoms with Crippen LogP contribution in [0.15, 0.2) is 73.1 Å². The predicted octanol–water partition coefficient (Wildman–Crippen LogP) is 4.77. The van der Waals surface area contributed by atoms with Crippen molar-refractivity contribution in [3.8, 4) is 22.8 Å².